The van der Waals surface area contributed by atoms with Crippen LogP contribution < -0.4 is 9.80 Å². The predicted octanol–water partition coefficient (Wildman–Crippen LogP) is 6.71. The summed E-state index contributed by atoms with van der Waals surface area (Å²) >= 11 is 0. The van der Waals surface area contributed by atoms with Crippen molar-refractivity contribution in [2.24, 2.45) is 17.8 Å². The maximum Gasteiger partial charge on any atom is 0.330 e. The molecule has 202 valence electrons. The molecule has 0 heterocycles. The molecular weight excluding hydrogens is 491 g/mol. The quantitative estimate of drug-likeness (QED) is 0.242. The molecule has 2 aliphatic rings. The topological polar surface area (TPSA) is 49.9 Å². The summed E-state index contributed by atoms with van der Waals surface area (Å²) in [4.78, 5) is 29.3. The Bertz CT molecular complexity index is 1360. The van der Waals surface area contributed by atoms with E-state index in [1.165, 1.54) is 37.8 Å². The van der Waals surface area contributed by atoms with E-state index in [0.717, 1.165) is 41.6 Å². The number of methoxy groups -OCH3 is 1. The summed E-state index contributed by atoms with van der Waals surface area (Å²) in [5.41, 5.74) is 5.32. The Morgan fingerprint density at radius 2 is 1.62 bits per heavy atom. The second kappa shape index (κ2) is 11.4. The highest BCUT2D eigenvalue weighted by atomic mass is 19.1. The van der Waals surface area contributed by atoms with E-state index < -0.39 is 11.8 Å². The van der Waals surface area contributed by atoms with E-state index in [2.05, 4.69) is 46.0 Å². The Labute approximate surface area is 229 Å². The molecule has 2 aliphatic carbocycles. The van der Waals surface area contributed by atoms with Crippen LogP contribution in [0.1, 0.15) is 36.8 Å². The summed E-state index contributed by atoms with van der Waals surface area (Å²) in [6.07, 6.45) is 7.08. The molecule has 0 spiro atoms. The van der Waals surface area contributed by atoms with Gasteiger partial charge in [0.05, 0.1) is 13.7 Å². The smallest absolute Gasteiger partial charge is 0.330 e. The third-order valence-electron chi connectivity index (χ3n) is 8.16. The molecule has 0 unspecified atom stereocenters. The van der Waals surface area contributed by atoms with Crippen LogP contribution in [0.3, 0.4) is 0 Å². The number of benzene rings is 3. The van der Waals surface area contributed by atoms with Crippen molar-refractivity contribution in [3.63, 3.8) is 0 Å². The largest absolute Gasteiger partial charge is 0.466 e. The van der Waals surface area contributed by atoms with Crippen molar-refractivity contribution in [3.05, 3.63) is 89.8 Å². The van der Waals surface area contributed by atoms with E-state index in [1.54, 1.807) is 11.0 Å². The normalized spacial score (nSPS) is 19.8. The number of carbonyl (C=O) groups excluding carboxylic acids is 2. The number of fused-ring (bicyclic) bond motifs is 2. The van der Waals surface area contributed by atoms with Gasteiger partial charge in [0.25, 0.3) is 0 Å². The number of hydrogen-bond acceptors (Lipinski definition) is 4. The van der Waals surface area contributed by atoms with Crippen molar-refractivity contribution in [1.29, 1.82) is 0 Å². The van der Waals surface area contributed by atoms with Gasteiger partial charge >= 0.3 is 5.97 Å². The van der Waals surface area contributed by atoms with E-state index in [-0.39, 0.29) is 11.8 Å². The van der Waals surface area contributed by atoms with Crippen LogP contribution >= 0.6 is 0 Å². The summed E-state index contributed by atoms with van der Waals surface area (Å²) in [6, 6.07) is 21.1. The van der Waals surface area contributed by atoms with Crippen molar-refractivity contribution >= 4 is 29.3 Å². The molecule has 3 atom stereocenters. The van der Waals surface area contributed by atoms with Gasteiger partial charge in [-0.3, -0.25) is 4.79 Å². The first-order valence-electron chi connectivity index (χ1n) is 13.6. The Kier molecular flexibility index (Phi) is 7.82. The Morgan fingerprint density at radius 3 is 2.21 bits per heavy atom. The minimum atomic E-state index is -0.521. The fourth-order valence-corrected chi connectivity index (χ4v) is 6.06. The first-order chi connectivity index (χ1) is 18.8. The lowest BCUT2D eigenvalue weighted by atomic mass is 9.87. The van der Waals surface area contributed by atoms with Gasteiger partial charge in [0.15, 0.2) is 0 Å². The zero-order valence-electron chi connectivity index (χ0n) is 22.8. The molecule has 0 saturated heterocycles. The third-order valence-corrected chi connectivity index (χ3v) is 8.16. The number of carbonyl (C=O) groups is 2. The van der Waals surface area contributed by atoms with Crippen molar-refractivity contribution in [1.82, 2.24) is 0 Å². The number of halogens is 1. The molecular formula is C33H35FN2O3. The van der Waals surface area contributed by atoms with Crippen LogP contribution in [-0.2, 0) is 20.9 Å². The molecule has 39 heavy (non-hydrogen) atoms. The molecule has 2 bridgehead atoms. The molecule has 6 heteroatoms. The van der Waals surface area contributed by atoms with Crippen molar-refractivity contribution in [3.8, 4) is 11.1 Å². The third kappa shape index (κ3) is 6.06. The first kappa shape index (κ1) is 26.7. The molecule has 5 rings (SSSR count). The molecule has 3 aromatic carbocycles. The van der Waals surface area contributed by atoms with Gasteiger partial charge in [0.2, 0.25) is 5.91 Å². The molecule has 3 aromatic rings. The number of ether oxygens (including phenoxy) is 1. The molecule has 0 aliphatic heterocycles. The number of hydrogen-bond donors (Lipinski definition) is 0. The number of esters is 1. The van der Waals surface area contributed by atoms with Crippen LogP contribution in [0.25, 0.3) is 17.2 Å². The lowest BCUT2D eigenvalue weighted by Gasteiger charge is -2.30. The standard InChI is InChI=1S/C33H35FN2O3/c1-35(2)29-13-11-26(12-14-29)25-8-4-22(5-9-25)21-36(33(38)31-19-23-6-10-27(31)16-23)30-18-24(17-28(34)20-30)7-15-32(37)39-3/h4-5,7-9,11-15,17-18,20,23,27,31H,6,10,16,19,21H2,1-3H3/b15-7+/t23-,27+,31+/m1/s1. The van der Waals surface area contributed by atoms with Crippen LogP contribution in [0.15, 0.2) is 72.8 Å². The summed E-state index contributed by atoms with van der Waals surface area (Å²) in [5, 5.41) is 0. The molecule has 2 saturated carbocycles. The average Bonchev–Trinajstić information content (AvgIpc) is 3.58. The van der Waals surface area contributed by atoms with Crippen LogP contribution in [-0.4, -0.2) is 33.1 Å². The predicted molar refractivity (Wildman–Crippen MR) is 154 cm³/mol. The fourth-order valence-electron chi connectivity index (χ4n) is 6.06. The molecule has 2 fully saturated rings. The Morgan fingerprint density at radius 1 is 0.923 bits per heavy atom. The van der Waals surface area contributed by atoms with Crippen LogP contribution in [0.4, 0.5) is 15.8 Å². The molecule has 1 amide bonds. The Hall–Kier alpha value is -3.93. The highest BCUT2D eigenvalue weighted by Crippen LogP contribution is 2.49. The lowest BCUT2D eigenvalue weighted by Crippen LogP contribution is -2.38. The maximum absolute atomic E-state index is 14.8. The zero-order chi connectivity index (χ0) is 27.5. The van der Waals surface area contributed by atoms with Gasteiger partial charge < -0.3 is 14.5 Å². The molecule has 0 N–H and O–H groups in total. The highest BCUT2D eigenvalue weighted by Gasteiger charge is 2.44. The molecule has 0 radical (unpaired) electrons. The van der Waals surface area contributed by atoms with Gasteiger partial charge in [-0.05, 0) is 89.8 Å². The summed E-state index contributed by atoms with van der Waals surface area (Å²) in [6.45, 7) is 0.343. The number of rotatable bonds is 8. The second-order valence-corrected chi connectivity index (χ2v) is 10.9. The van der Waals surface area contributed by atoms with E-state index in [4.69, 9.17) is 0 Å². The SMILES string of the molecule is COC(=O)/C=C/c1cc(F)cc(N(Cc2ccc(-c3ccc(N(C)C)cc3)cc2)C(=O)[C@H]2C[C@@H]3CC[C@H]2C3)c1. The van der Waals surface area contributed by atoms with Crippen molar-refractivity contribution in [2.75, 3.05) is 31.0 Å². The van der Waals surface area contributed by atoms with E-state index in [1.807, 2.05) is 26.2 Å². The van der Waals surface area contributed by atoms with Crippen LogP contribution in [0.5, 0.6) is 0 Å². The fraction of sp³-hybridized carbons (Fsp3) is 0.333. The summed E-state index contributed by atoms with van der Waals surface area (Å²) in [5.74, 6) is 0.0702. The van der Waals surface area contributed by atoms with E-state index in [0.29, 0.717) is 29.6 Å². The average molecular weight is 527 g/mol. The van der Waals surface area contributed by atoms with Crippen LogP contribution in [0, 0.1) is 23.6 Å². The van der Waals surface area contributed by atoms with E-state index in [9.17, 15) is 14.0 Å². The minimum Gasteiger partial charge on any atom is -0.466 e. The van der Waals surface area contributed by atoms with Gasteiger partial charge in [0, 0.05) is 37.5 Å². The molecule has 5 nitrogen and oxygen atoms in total. The first-order valence-corrected chi connectivity index (χ1v) is 13.6. The monoisotopic (exact) mass is 526 g/mol. The molecule has 0 aromatic heterocycles. The maximum atomic E-state index is 14.8. The minimum absolute atomic E-state index is 0.0319. The zero-order valence-corrected chi connectivity index (χ0v) is 22.8. The number of amides is 1. The highest BCUT2D eigenvalue weighted by molar-refractivity contribution is 5.96. The van der Waals surface area contributed by atoms with Crippen molar-refractivity contribution in [2.45, 2.75) is 32.2 Å². The number of anilines is 2. The van der Waals surface area contributed by atoms with Gasteiger partial charge in [-0.1, -0.05) is 42.8 Å². The van der Waals surface area contributed by atoms with Crippen LogP contribution in [0.2, 0.25) is 0 Å². The van der Waals surface area contributed by atoms with E-state index >= 15 is 0 Å². The van der Waals surface area contributed by atoms with Crippen molar-refractivity contribution < 1.29 is 18.7 Å². The number of nitrogens with zero attached hydrogens (tertiary/aromatic N) is 2. The lowest BCUT2D eigenvalue weighted by molar-refractivity contribution is -0.134. The van der Waals surface area contributed by atoms with Gasteiger partial charge in [-0.25, -0.2) is 9.18 Å². The summed E-state index contributed by atoms with van der Waals surface area (Å²) < 4.78 is 19.4. The second-order valence-electron chi connectivity index (χ2n) is 10.9. The van der Waals surface area contributed by atoms with Gasteiger partial charge in [-0.2, -0.15) is 0 Å². The summed E-state index contributed by atoms with van der Waals surface area (Å²) in [7, 11) is 5.33. The Balaban J connectivity index is 1.43. The van der Waals surface area contributed by atoms with Gasteiger partial charge in [0.1, 0.15) is 5.82 Å². The van der Waals surface area contributed by atoms with Gasteiger partial charge in [-0.15, -0.1) is 0 Å².